The summed E-state index contributed by atoms with van der Waals surface area (Å²) in [6, 6.07) is 5.30. The number of halogens is 4. The molecule has 4 N–H and O–H groups in total. The third kappa shape index (κ3) is 4.91. The lowest BCUT2D eigenvalue weighted by Crippen LogP contribution is -2.25. The van der Waals surface area contributed by atoms with E-state index in [1.165, 1.54) is 0 Å². The van der Waals surface area contributed by atoms with Crippen LogP contribution >= 0.6 is 48.0 Å². The first-order valence-electron chi connectivity index (χ1n) is 6.57. The third-order valence-corrected chi connectivity index (χ3v) is 3.79. The van der Waals surface area contributed by atoms with E-state index >= 15 is 0 Å². The van der Waals surface area contributed by atoms with Gasteiger partial charge in [0.05, 0.1) is 10.5 Å². The number of hydrogen-bond acceptors (Lipinski definition) is 2. The Morgan fingerprint density at radius 3 is 2.42 bits per heavy atom. The number of carbonyl (C=O) groups is 1. The molecule has 0 fully saturated rings. The van der Waals surface area contributed by atoms with Crippen LogP contribution in [-0.4, -0.2) is 42.0 Å². The normalized spacial score (nSPS) is 10.2. The summed E-state index contributed by atoms with van der Waals surface area (Å²) in [7, 11) is 3.89. The standard InChI is InChI=1S/C14H17Cl2N5O.2ClH/c1-20(2)5-6-21-10-4-3-8(15)7-9(10)11(16)12(21)13(22)19-14(17)18;;/h3-4,7H,5-6H2,1-2H3,(H4,17,18,19,22);2*1H. The van der Waals surface area contributed by atoms with Crippen molar-refractivity contribution in [3.8, 4) is 0 Å². The highest BCUT2D eigenvalue weighted by Gasteiger charge is 2.22. The summed E-state index contributed by atoms with van der Waals surface area (Å²) in [5, 5.41) is 1.54. The molecule has 0 aliphatic heterocycles. The average molecular weight is 415 g/mol. The molecule has 0 saturated heterocycles. The predicted molar refractivity (Wildman–Crippen MR) is 105 cm³/mol. The zero-order chi connectivity index (χ0) is 16.4. The quantitative estimate of drug-likeness (QED) is 0.594. The van der Waals surface area contributed by atoms with Gasteiger partial charge in [0.2, 0.25) is 0 Å². The van der Waals surface area contributed by atoms with E-state index in [9.17, 15) is 4.79 Å². The molecule has 0 radical (unpaired) electrons. The van der Waals surface area contributed by atoms with E-state index in [2.05, 4.69) is 4.99 Å². The first-order chi connectivity index (χ1) is 10.3. The van der Waals surface area contributed by atoms with Crippen LogP contribution in [0.15, 0.2) is 23.2 Å². The summed E-state index contributed by atoms with van der Waals surface area (Å²) < 4.78 is 1.81. The van der Waals surface area contributed by atoms with Crippen LogP contribution in [0.25, 0.3) is 10.9 Å². The Hall–Kier alpha value is -1.18. The van der Waals surface area contributed by atoms with Gasteiger partial charge >= 0.3 is 0 Å². The molecule has 2 aromatic rings. The summed E-state index contributed by atoms with van der Waals surface area (Å²) >= 11 is 12.4. The number of likely N-dealkylation sites (N-methyl/N-ethyl adjacent to an activating group) is 1. The fourth-order valence-electron chi connectivity index (χ4n) is 2.20. The molecular formula is C14H19Cl4N5O. The third-order valence-electron chi connectivity index (χ3n) is 3.17. The maximum atomic E-state index is 12.3. The van der Waals surface area contributed by atoms with Gasteiger partial charge in [-0.05, 0) is 32.3 Å². The lowest BCUT2D eigenvalue weighted by Gasteiger charge is -2.13. The number of amides is 1. The Morgan fingerprint density at radius 1 is 1.25 bits per heavy atom. The van der Waals surface area contributed by atoms with Gasteiger partial charge in [-0.15, -0.1) is 24.8 Å². The van der Waals surface area contributed by atoms with Gasteiger partial charge in [-0.25, -0.2) is 0 Å². The minimum atomic E-state index is -0.573. The van der Waals surface area contributed by atoms with Gasteiger partial charge in [0.25, 0.3) is 5.91 Å². The molecule has 0 spiro atoms. The van der Waals surface area contributed by atoms with Crippen molar-refractivity contribution in [3.05, 3.63) is 33.9 Å². The van der Waals surface area contributed by atoms with Crippen LogP contribution < -0.4 is 11.5 Å². The molecule has 1 aromatic carbocycles. The number of rotatable bonds is 4. The van der Waals surface area contributed by atoms with Crippen LogP contribution in [0.4, 0.5) is 0 Å². The molecule has 1 aromatic heterocycles. The van der Waals surface area contributed by atoms with Crippen LogP contribution in [0.2, 0.25) is 10.0 Å². The molecule has 0 bridgehead atoms. The smallest absolute Gasteiger partial charge is 0.298 e. The largest absolute Gasteiger partial charge is 0.370 e. The molecule has 1 heterocycles. The van der Waals surface area contributed by atoms with Gasteiger partial charge in [0.15, 0.2) is 5.96 Å². The molecule has 10 heteroatoms. The molecule has 2 rings (SSSR count). The van der Waals surface area contributed by atoms with Crippen LogP contribution in [0.3, 0.4) is 0 Å². The number of nitrogens with two attached hydrogens (primary N) is 2. The molecule has 0 atom stereocenters. The van der Waals surface area contributed by atoms with Crippen molar-refractivity contribution in [3.63, 3.8) is 0 Å². The van der Waals surface area contributed by atoms with E-state index in [-0.39, 0.29) is 36.5 Å². The minimum Gasteiger partial charge on any atom is -0.370 e. The molecule has 134 valence electrons. The highest BCUT2D eigenvalue weighted by molar-refractivity contribution is 6.40. The molecule has 0 unspecified atom stereocenters. The summed E-state index contributed by atoms with van der Waals surface area (Å²) in [5.41, 5.74) is 11.7. The van der Waals surface area contributed by atoms with Crippen molar-refractivity contribution in [1.29, 1.82) is 0 Å². The van der Waals surface area contributed by atoms with Gasteiger partial charge < -0.3 is 20.9 Å². The number of hydrogen-bond donors (Lipinski definition) is 2. The highest BCUT2D eigenvalue weighted by Crippen LogP contribution is 2.33. The van der Waals surface area contributed by atoms with Crippen molar-refractivity contribution in [2.24, 2.45) is 16.5 Å². The second-order valence-corrected chi connectivity index (χ2v) is 5.94. The number of benzene rings is 1. The van der Waals surface area contributed by atoms with E-state index in [4.69, 9.17) is 34.7 Å². The van der Waals surface area contributed by atoms with E-state index in [1.807, 2.05) is 29.6 Å². The molecule has 1 amide bonds. The first-order valence-corrected chi connectivity index (χ1v) is 7.32. The van der Waals surface area contributed by atoms with E-state index < -0.39 is 5.91 Å². The Kier molecular flexibility index (Phi) is 8.88. The van der Waals surface area contributed by atoms with E-state index in [0.29, 0.717) is 22.0 Å². The van der Waals surface area contributed by atoms with Gasteiger partial charge in [-0.1, -0.05) is 23.2 Å². The number of aliphatic imine (C=N–C) groups is 1. The number of guanidine groups is 1. The highest BCUT2D eigenvalue weighted by atomic mass is 35.5. The average Bonchev–Trinajstić information content (AvgIpc) is 2.68. The summed E-state index contributed by atoms with van der Waals surface area (Å²) in [6.07, 6.45) is 0. The van der Waals surface area contributed by atoms with Crippen molar-refractivity contribution < 1.29 is 4.79 Å². The van der Waals surface area contributed by atoms with Gasteiger partial charge in [0, 0.05) is 23.5 Å². The van der Waals surface area contributed by atoms with Crippen LogP contribution in [0.5, 0.6) is 0 Å². The Labute approximate surface area is 162 Å². The lowest BCUT2D eigenvalue weighted by atomic mass is 10.2. The van der Waals surface area contributed by atoms with Crippen LogP contribution in [0.1, 0.15) is 10.5 Å². The second kappa shape index (κ2) is 9.34. The number of nitrogens with zero attached hydrogens (tertiary/aromatic N) is 3. The fourth-order valence-corrected chi connectivity index (χ4v) is 2.70. The topological polar surface area (TPSA) is 89.6 Å². The monoisotopic (exact) mass is 413 g/mol. The first kappa shape index (κ1) is 22.8. The number of aromatic nitrogens is 1. The molecule has 24 heavy (non-hydrogen) atoms. The van der Waals surface area contributed by atoms with Crippen LogP contribution in [0, 0.1) is 0 Å². The van der Waals surface area contributed by atoms with E-state index in [0.717, 1.165) is 12.1 Å². The summed E-state index contributed by atoms with van der Waals surface area (Å²) in [6.45, 7) is 1.30. The zero-order valence-electron chi connectivity index (χ0n) is 13.1. The van der Waals surface area contributed by atoms with E-state index in [1.54, 1.807) is 12.1 Å². The summed E-state index contributed by atoms with van der Waals surface area (Å²) in [5.74, 6) is -0.875. The zero-order valence-corrected chi connectivity index (χ0v) is 16.3. The fraction of sp³-hybridized carbons (Fsp3) is 0.286. The molecule has 0 saturated carbocycles. The predicted octanol–water partition coefficient (Wildman–Crippen LogP) is 2.77. The maximum absolute atomic E-state index is 12.3. The van der Waals surface area contributed by atoms with Gasteiger partial charge in [0.1, 0.15) is 5.69 Å². The van der Waals surface area contributed by atoms with Crippen molar-refractivity contribution in [1.82, 2.24) is 9.47 Å². The summed E-state index contributed by atoms with van der Waals surface area (Å²) in [4.78, 5) is 17.9. The Balaban J connectivity index is 0.00000264. The molecular weight excluding hydrogens is 396 g/mol. The molecule has 0 aliphatic rings. The van der Waals surface area contributed by atoms with Crippen molar-refractivity contribution >= 4 is 70.8 Å². The minimum absolute atomic E-state index is 0. The SMILES string of the molecule is CN(C)CCn1c(C(=O)N=C(N)N)c(Cl)c2cc(Cl)ccc21.Cl.Cl. The number of fused-ring (bicyclic) bond motifs is 1. The van der Waals surface area contributed by atoms with Gasteiger partial charge in [-0.2, -0.15) is 4.99 Å². The second-order valence-electron chi connectivity index (χ2n) is 5.12. The molecule has 6 nitrogen and oxygen atoms in total. The van der Waals surface area contributed by atoms with Crippen molar-refractivity contribution in [2.75, 3.05) is 20.6 Å². The Bertz CT molecular complexity index is 753. The lowest BCUT2D eigenvalue weighted by molar-refractivity contribution is 0.0994. The maximum Gasteiger partial charge on any atom is 0.298 e. The van der Waals surface area contributed by atoms with Crippen LogP contribution in [-0.2, 0) is 6.54 Å². The number of carbonyl (C=O) groups excluding carboxylic acids is 1. The van der Waals surface area contributed by atoms with Gasteiger partial charge in [-0.3, -0.25) is 4.79 Å². The van der Waals surface area contributed by atoms with Crippen molar-refractivity contribution in [2.45, 2.75) is 6.54 Å². The Morgan fingerprint density at radius 2 is 1.88 bits per heavy atom. The molecule has 0 aliphatic carbocycles.